The monoisotopic (exact) mass is 480 g/mol. The summed E-state index contributed by atoms with van der Waals surface area (Å²) in [6.45, 7) is 3.02. The van der Waals surface area contributed by atoms with Crippen molar-refractivity contribution in [2.75, 3.05) is 26.1 Å². The number of pyridine rings is 1. The highest BCUT2D eigenvalue weighted by atomic mass is 35.5. The molecule has 7 heteroatoms. The number of nitrogens with one attached hydrogen (secondary N) is 1. The molecule has 0 unspecified atom stereocenters. The van der Waals surface area contributed by atoms with Gasteiger partial charge in [0.25, 0.3) is 0 Å². The Balaban J connectivity index is 0.00000324. The maximum Gasteiger partial charge on any atom is 0.167 e. The van der Waals surface area contributed by atoms with Gasteiger partial charge in [-0.15, -0.1) is 12.4 Å². The fourth-order valence-electron chi connectivity index (χ4n) is 3.93. The highest BCUT2D eigenvalue weighted by molar-refractivity contribution is 5.92. The van der Waals surface area contributed by atoms with Crippen LogP contribution in [0, 0.1) is 0 Å². The van der Waals surface area contributed by atoms with Crippen LogP contribution >= 0.6 is 12.4 Å². The number of aromatic hydroxyl groups is 1. The number of fused-ring (bicyclic) bond motifs is 1. The van der Waals surface area contributed by atoms with Gasteiger partial charge in [0.15, 0.2) is 11.5 Å². The van der Waals surface area contributed by atoms with E-state index in [-0.39, 0.29) is 18.2 Å². The third-order valence-electron chi connectivity index (χ3n) is 5.53. The Kier molecular flexibility index (Phi) is 8.44. The molecule has 0 aliphatic heterocycles. The van der Waals surface area contributed by atoms with Gasteiger partial charge in [0, 0.05) is 24.3 Å². The number of benzene rings is 3. The number of ether oxygens (including phenoxy) is 3. The van der Waals surface area contributed by atoms with Crippen LogP contribution in [0.2, 0.25) is 0 Å². The number of nitrogens with zero attached hydrogens (tertiary/aromatic N) is 1. The van der Waals surface area contributed by atoms with Crippen molar-refractivity contribution in [2.24, 2.45) is 0 Å². The Morgan fingerprint density at radius 2 is 1.56 bits per heavy atom. The third-order valence-corrected chi connectivity index (χ3v) is 5.53. The molecule has 6 nitrogen and oxygen atoms in total. The van der Waals surface area contributed by atoms with Gasteiger partial charge in [0.2, 0.25) is 0 Å². The Bertz CT molecular complexity index is 1220. The van der Waals surface area contributed by atoms with Gasteiger partial charge < -0.3 is 24.6 Å². The van der Waals surface area contributed by atoms with E-state index in [0.717, 1.165) is 22.2 Å². The van der Waals surface area contributed by atoms with Crippen LogP contribution in [0.25, 0.3) is 10.8 Å². The highest BCUT2D eigenvalue weighted by Gasteiger charge is 2.15. The van der Waals surface area contributed by atoms with Crippen molar-refractivity contribution in [1.29, 1.82) is 0 Å². The van der Waals surface area contributed by atoms with Crippen LogP contribution < -0.4 is 19.5 Å². The van der Waals surface area contributed by atoms with E-state index in [1.165, 1.54) is 5.56 Å². The largest absolute Gasteiger partial charge is 0.504 e. The predicted molar refractivity (Wildman–Crippen MR) is 138 cm³/mol. The topological polar surface area (TPSA) is 72.8 Å². The minimum absolute atomic E-state index is 0. The fourth-order valence-corrected chi connectivity index (χ4v) is 3.93. The molecule has 34 heavy (non-hydrogen) atoms. The molecular weight excluding hydrogens is 452 g/mol. The van der Waals surface area contributed by atoms with Crippen molar-refractivity contribution >= 4 is 28.9 Å². The molecule has 4 aromatic rings. The SMILES string of the molecule is CCOc1ccc2c(Cc3cc(OC)c(NCc4ccccc4)c(OC)c3)cncc2c1O.Cl. The summed E-state index contributed by atoms with van der Waals surface area (Å²) in [6, 6.07) is 17.9. The normalized spacial score (nSPS) is 10.4. The molecule has 0 aliphatic carbocycles. The first-order valence-corrected chi connectivity index (χ1v) is 10.9. The summed E-state index contributed by atoms with van der Waals surface area (Å²) in [6.07, 6.45) is 4.08. The van der Waals surface area contributed by atoms with Crippen LogP contribution in [0.15, 0.2) is 67.0 Å². The van der Waals surface area contributed by atoms with Crippen molar-refractivity contribution in [3.63, 3.8) is 0 Å². The number of methoxy groups -OCH3 is 2. The molecule has 0 spiro atoms. The van der Waals surface area contributed by atoms with E-state index in [4.69, 9.17) is 14.2 Å². The number of hydrogen-bond donors (Lipinski definition) is 2. The van der Waals surface area contributed by atoms with E-state index in [1.807, 2.05) is 49.5 Å². The standard InChI is InChI=1S/C27H28N2O4.ClH/c1-4-33-23-11-10-21-20(16-28-17-22(21)27(23)30)12-19-13-24(31-2)26(25(14-19)32-3)29-15-18-8-6-5-7-9-18;/h5-11,13-14,16-17,29-30H,4,12,15H2,1-3H3;1H. The molecular formula is C27H29ClN2O4. The lowest BCUT2D eigenvalue weighted by Gasteiger charge is -2.17. The van der Waals surface area contributed by atoms with Gasteiger partial charge in [-0.25, -0.2) is 0 Å². The Morgan fingerprint density at radius 3 is 2.21 bits per heavy atom. The summed E-state index contributed by atoms with van der Waals surface area (Å²) in [4.78, 5) is 4.35. The molecule has 2 N–H and O–H groups in total. The van der Waals surface area contributed by atoms with Crippen molar-refractivity contribution in [1.82, 2.24) is 4.98 Å². The smallest absolute Gasteiger partial charge is 0.167 e. The predicted octanol–water partition coefficient (Wildman–Crippen LogP) is 5.98. The van der Waals surface area contributed by atoms with Gasteiger partial charge in [-0.1, -0.05) is 36.4 Å². The number of phenols is 1. The van der Waals surface area contributed by atoms with Gasteiger partial charge in [-0.2, -0.15) is 0 Å². The van der Waals surface area contributed by atoms with E-state index in [1.54, 1.807) is 26.5 Å². The number of halogens is 1. The number of rotatable bonds is 9. The summed E-state index contributed by atoms with van der Waals surface area (Å²) in [5.41, 5.74) is 3.97. The fraction of sp³-hybridized carbons (Fsp3) is 0.222. The Morgan fingerprint density at radius 1 is 0.853 bits per heavy atom. The lowest BCUT2D eigenvalue weighted by Crippen LogP contribution is -2.05. The average Bonchev–Trinajstić information content (AvgIpc) is 2.85. The average molecular weight is 481 g/mol. The van der Waals surface area contributed by atoms with E-state index < -0.39 is 0 Å². The van der Waals surface area contributed by atoms with Crippen LogP contribution in [0.3, 0.4) is 0 Å². The van der Waals surface area contributed by atoms with E-state index in [9.17, 15) is 5.11 Å². The molecule has 0 bridgehead atoms. The zero-order valence-corrected chi connectivity index (χ0v) is 20.3. The summed E-state index contributed by atoms with van der Waals surface area (Å²) in [5.74, 6) is 1.98. The molecule has 0 fully saturated rings. The molecule has 1 heterocycles. The molecule has 178 valence electrons. The summed E-state index contributed by atoms with van der Waals surface area (Å²) >= 11 is 0. The van der Waals surface area contributed by atoms with Gasteiger partial charge >= 0.3 is 0 Å². The maximum absolute atomic E-state index is 10.6. The zero-order valence-electron chi connectivity index (χ0n) is 19.5. The first kappa shape index (κ1) is 25.0. The Labute approximate surface area is 205 Å². The summed E-state index contributed by atoms with van der Waals surface area (Å²) in [5, 5.41) is 15.6. The molecule has 0 amide bonds. The second-order valence-corrected chi connectivity index (χ2v) is 7.63. The lowest BCUT2D eigenvalue weighted by molar-refractivity contribution is 0.320. The highest BCUT2D eigenvalue weighted by Crippen LogP contribution is 2.39. The molecule has 0 radical (unpaired) electrons. The first-order chi connectivity index (χ1) is 16.1. The molecule has 4 rings (SSSR count). The van der Waals surface area contributed by atoms with E-state index >= 15 is 0 Å². The zero-order chi connectivity index (χ0) is 23.2. The van der Waals surface area contributed by atoms with Gasteiger partial charge in [0.1, 0.15) is 17.2 Å². The number of anilines is 1. The van der Waals surface area contributed by atoms with Crippen LogP contribution in [0.1, 0.15) is 23.6 Å². The molecule has 0 aliphatic rings. The molecule has 3 aromatic carbocycles. The van der Waals surface area contributed by atoms with Gasteiger partial charge in [-0.05, 0) is 53.6 Å². The maximum atomic E-state index is 10.6. The lowest BCUT2D eigenvalue weighted by atomic mass is 9.99. The number of phenolic OH excluding ortho intramolecular Hbond substituents is 1. The van der Waals surface area contributed by atoms with E-state index in [2.05, 4.69) is 22.4 Å². The second kappa shape index (κ2) is 11.5. The minimum atomic E-state index is 0. The van der Waals surface area contributed by atoms with Crippen molar-refractivity contribution in [3.8, 4) is 23.0 Å². The first-order valence-electron chi connectivity index (χ1n) is 10.9. The third kappa shape index (κ3) is 5.29. The van der Waals surface area contributed by atoms with Crippen LogP contribution in [-0.2, 0) is 13.0 Å². The summed E-state index contributed by atoms with van der Waals surface area (Å²) in [7, 11) is 3.30. The quantitative estimate of drug-likeness (QED) is 0.307. The van der Waals surface area contributed by atoms with Gasteiger partial charge in [0.05, 0.1) is 20.8 Å². The van der Waals surface area contributed by atoms with Crippen molar-refractivity contribution in [2.45, 2.75) is 19.9 Å². The summed E-state index contributed by atoms with van der Waals surface area (Å²) < 4.78 is 16.9. The van der Waals surface area contributed by atoms with Crippen molar-refractivity contribution in [3.05, 3.63) is 83.7 Å². The van der Waals surface area contributed by atoms with Crippen LogP contribution in [0.5, 0.6) is 23.0 Å². The number of aromatic nitrogens is 1. The molecule has 1 aromatic heterocycles. The molecule has 0 saturated heterocycles. The van der Waals surface area contributed by atoms with Crippen LogP contribution in [-0.4, -0.2) is 30.9 Å². The minimum Gasteiger partial charge on any atom is -0.504 e. The molecule has 0 saturated carbocycles. The second-order valence-electron chi connectivity index (χ2n) is 7.63. The van der Waals surface area contributed by atoms with Gasteiger partial charge in [-0.3, -0.25) is 4.98 Å². The van der Waals surface area contributed by atoms with E-state index in [0.29, 0.717) is 42.2 Å². The van der Waals surface area contributed by atoms with Crippen molar-refractivity contribution < 1.29 is 19.3 Å². The molecule has 0 atom stereocenters. The number of hydrogen-bond acceptors (Lipinski definition) is 6. The Hall–Kier alpha value is -3.64. The van der Waals surface area contributed by atoms with Crippen LogP contribution in [0.4, 0.5) is 5.69 Å².